The maximum Gasteiger partial charge on any atom is 0.318 e. The molecule has 0 aliphatic carbocycles. The summed E-state index contributed by atoms with van der Waals surface area (Å²) in [5.74, 6) is 0.320. The van der Waals surface area contributed by atoms with Crippen LogP contribution in [0.1, 0.15) is 5.56 Å². The Morgan fingerprint density at radius 3 is 2.43 bits per heavy atom. The normalized spacial score (nSPS) is 11.1. The van der Waals surface area contributed by atoms with Gasteiger partial charge in [-0.1, -0.05) is 12.1 Å². The molecule has 11 heteroatoms. The number of hydrogen-bond donors (Lipinski definition) is 1. The van der Waals surface area contributed by atoms with Gasteiger partial charge in [-0.2, -0.15) is 0 Å². The minimum Gasteiger partial charge on any atom is -0.507 e. The molecule has 1 heterocycles. The Balaban J connectivity index is 1.34. The number of fused-ring (bicyclic) bond motifs is 1. The van der Waals surface area contributed by atoms with Crippen molar-refractivity contribution in [3.05, 3.63) is 111 Å². The van der Waals surface area contributed by atoms with E-state index in [0.29, 0.717) is 22.0 Å². The van der Waals surface area contributed by atoms with E-state index in [1.54, 1.807) is 48.7 Å². The largest absolute Gasteiger partial charge is 0.507 e. The van der Waals surface area contributed by atoms with Crippen LogP contribution in [-0.2, 0) is 0 Å². The molecule has 0 amide bonds. The van der Waals surface area contributed by atoms with E-state index in [4.69, 9.17) is 4.74 Å². The molecule has 5 aromatic rings. The van der Waals surface area contributed by atoms with Crippen molar-refractivity contribution in [2.45, 2.75) is 0 Å². The fourth-order valence-electron chi connectivity index (χ4n) is 3.51. The number of nitro groups is 2. The number of rotatable bonds is 7. The smallest absolute Gasteiger partial charge is 0.318 e. The maximum absolute atomic E-state index is 11.3. The Labute approximate surface area is 213 Å². The van der Waals surface area contributed by atoms with Gasteiger partial charge in [-0.05, 0) is 66.2 Å². The number of thiazole rings is 1. The van der Waals surface area contributed by atoms with Gasteiger partial charge in [0.1, 0.15) is 16.5 Å². The lowest BCUT2D eigenvalue weighted by molar-refractivity contribution is -0.394. The van der Waals surface area contributed by atoms with E-state index in [1.165, 1.54) is 17.4 Å². The predicted octanol–water partition coefficient (Wildman–Crippen LogP) is 7.03. The summed E-state index contributed by atoms with van der Waals surface area (Å²) >= 11 is 1.48. The molecule has 37 heavy (non-hydrogen) atoms. The Hall–Kier alpha value is -5.16. The summed E-state index contributed by atoms with van der Waals surface area (Å²) in [4.78, 5) is 29.9. The van der Waals surface area contributed by atoms with Crippen molar-refractivity contribution in [3.8, 4) is 27.8 Å². The van der Waals surface area contributed by atoms with Crippen LogP contribution in [0.25, 0.3) is 20.8 Å². The third-order valence-electron chi connectivity index (χ3n) is 5.33. The van der Waals surface area contributed by atoms with Crippen LogP contribution < -0.4 is 4.74 Å². The lowest BCUT2D eigenvalue weighted by atomic mass is 10.2. The number of phenolic OH excluding ortho intramolecular Hbond substituents is 1. The van der Waals surface area contributed by atoms with Crippen molar-refractivity contribution in [3.63, 3.8) is 0 Å². The molecular formula is C26H16N4O6S. The first-order chi connectivity index (χ1) is 17.9. The summed E-state index contributed by atoms with van der Waals surface area (Å²) in [6.07, 6.45) is 1.63. The minimum absolute atomic E-state index is 0.108. The van der Waals surface area contributed by atoms with Gasteiger partial charge in [0.05, 0.1) is 37.4 Å². The zero-order chi connectivity index (χ0) is 25.9. The molecule has 0 saturated heterocycles. The topological polar surface area (TPSA) is 141 Å². The summed E-state index contributed by atoms with van der Waals surface area (Å²) in [5.41, 5.74) is 1.90. The van der Waals surface area contributed by atoms with Gasteiger partial charge in [0.2, 0.25) is 5.75 Å². The number of benzene rings is 4. The average molecular weight is 513 g/mol. The van der Waals surface area contributed by atoms with E-state index >= 15 is 0 Å². The van der Waals surface area contributed by atoms with Crippen molar-refractivity contribution in [1.29, 1.82) is 0 Å². The lowest BCUT2D eigenvalue weighted by Gasteiger charge is -2.06. The summed E-state index contributed by atoms with van der Waals surface area (Å²) in [5, 5.41) is 33.3. The van der Waals surface area contributed by atoms with E-state index in [0.717, 1.165) is 27.9 Å². The molecule has 0 bridgehead atoms. The number of non-ortho nitro benzene ring substituents is 1. The van der Waals surface area contributed by atoms with Crippen molar-refractivity contribution in [1.82, 2.24) is 4.98 Å². The van der Waals surface area contributed by atoms with E-state index in [-0.39, 0.29) is 11.5 Å². The number of ether oxygens (including phenoxy) is 1. The standard InChI is InChI=1S/C26H16N4O6S/c31-23-11-7-17(13-20(23)26-28-21-3-1-2-4-25(21)37-26)27-15-16-5-9-19(10-6-16)36-24-12-8-18(29(32)33)14-22(24)30(34)35/h1-15,31H. The van der Waals surface area contributed by atoms with Gasteiger partial charge in [-0.25, -0.2) is 4.98 Å². The molecule has 10 nitrogen and oxygen atoms in total. The number of aliphatic imine (C=N–C) groups is 1. The molecule has 0 unspecified atom stereocenters. The van der Waals surface area contributed by atoms with Gasteiger partial charge in [0.15, 0.2) is 0 Å². The predicted molar refractivity (Wildman–Crippen MR) is 140 cm³/mol. The summed E-state index contributed by atoms with van der Waals surface area (Å²) < 4.78 is 6.60. The zero-order valence-corrected chi connectivity index (χ0v) is 19.7. The van der Waals surface area contributed by atoms with Crippen LogP contribution in [0, 0.1) is 20.2 Å². The number of aromatic nitrogens is 1. The molecule has 0 aliphatic heterocycles. The van der Waals surface area contributed by atoms with Crippen molar-refractivity contribution in [2.75, 3.05) is 0 Å². The number of phenols is 1. The fourth-order valence-corrected chi connectivity index (χ4v) is 4.50. The molecular weight excluding hydrogens is 496 g/mol. The van der Waals surface area contributed by atoms with Crippen LogP contribution in [0.15, 0.2) is 89.9 Å². The second-order valence-electron chi connectivity index (χ2n) is 7.78. The van der Waals surface area contributed by atoms with E-state index in [9.17, 15) is 25.3 Å². The molecule has 0 radical (unpaired) electrons. The molecule has 182 valence electrons. The third kappa shape index (κ3) is 5.11. The van der Waals surface area contributed by atoms with Gasteiger partial charge in [0, 0.05) is 12.3 Å². The van der Waals surface area contributed by atoms with Gasteiger partial charge >= 0.3 is 5.69 Å². The number of hydrogen-bond acceptors (Lipinski definition) is 9. The monoisotopic (exact) mass is 512 g/mol. The first kappa shape index (κ1) is 23.6. The molecule has 1 N–H and O–H groups in total. The van der Waals surface area contributed by atoms with Gasteiger partial charge < -0.3 is 9.84 Å². The second kappa shape index (κ2) is 9.84. The molecule has 5 rings (SSSR count). The van der Waals surface area contributed by atoms with Crippen LogP contribution in [0.4, 0.5) is 17.1 Å². The van der Waals surface area contributed by atoms with Crippen LogP contribution in [-0.4, -0.2) is 26.2 Å². The first-order valence-electron chi connectivity index (χ1n) is 10.8. The van der Waals surface area contributed by atoms with Crippen LogP contribution in [0.3, 0.4) is 0 Å². The lowest BCUT2D eigenvalue weighted by Crippen LogP contribution is -1.96. The zero-order valence-electron chi connectivity index (χ0n) is 18.8. The van der Waals surface area contributed by atoms with Crippen LogP contribution >= 0.6 is 11.3 Å². The number of nitro benzene ring substituents is 2. The average Bonchev–Trinajstić information content (AvgIpc) is 3.33. The van der Waals surface area contributed by atoms with E-state index in [2.05, 4.69) is 9.98 Å². The number of aromatic hydroxyl groups is 1. The maximum atomic E-state index is 11.3. The fraction of sp³-hybridized carbons (Fsp3) is 0. The van der Waals surface area contributed by atoms with Crippen molar-refractivity contribution >= 4 is 44.8 Å². The second-order valence-corrected chi connectivity index (χ2v) is 8.81. The van der Waals surface area contributed by atoms with Crippen LogP contribution in [0.2, 0.25) is 0 Å². The Kier molecular flexibility index (Phi) is 6.27. The summed E-state index contributed by atoms with van der Waals surface area (Å²) in [6.45, 7) is 0. The van der Waals surface area contributed by atoms with E-state index in [1.807, 2.05) is 24.3 Å². The summed E-state index contributed by atoms with van der Waals surface area (Å²) in [7, 11) is 0. The molecule has 4 aromatic carbocycles. The first-order valence-corrected chi connectivity index (χ1v) is 11.6. The third-order valence-corrected chi connectivity index (χ3v) is 6.39. The quantitative estimate of drug-likeness (QED) is 0.140. The highest BCUT2D eigenvalue weighted by atomic mass is 32.1. The highest BCUT2D eigenvalue weighted by Crippen LogP contribution is 2.37. The molecule has 0 atom stereocenters. The minimum atomic E-state index is -0.733. The van der Waals surface area contributed by atoms with Gasteiger partial charge in [-0.3, -0.25) is 25.2 Å². The van der Waals surface area contributed by atoms with Crippen LogP contribution in [0.5, 0.6) is 17.2 Å². The van der Waals surface area contributed by atoms with Gasteiger partial charge in [-0.15, -0.1) is 11.3 Å². The Morgan fingerprint density at radius 2 is 1.70 bits per heavy atom. The highest BCUT2D eigenvalue weighted by Gasteiger charge is 2.21. The molecule has 1 aromatic heterocycles. The Morgan fingerprint density at radius 1 is 0.919 bits per heavy atom. The van der Waals surface area contributed by atoms with Crippen molar-refractivity contribution < 1.29 is 19.7 Å². The summed E-state index contributed by atoms with van der Waals surface area (Å²) in [6, 6.07) is 22.6. The molecule has 0 saturated carbocycles. The molecule has 0 spiro atoms. The SMILES string of the molecule is O=[N+]([O-])c1ccc(Oc2ccc(C=Nc3ccc(O)c(-c4nc5ccccc5s4)c3)cc2)c([N+](=O)[O-])c1. The molecule has 0 aliphatic rings. The van der Waals surface area contributed by atoms with Crippen molar-refractivity contribution in [2.24, 2.45) is 4.99 Å². The molecule has 0 fully saturated rings. The number of para-hydroxylation sites is 1. The van der Waals surface area contributed by atoms with E-state index < -0.39 is 21.2 Å². The van der Waals surface area contributed by atoms with Gasteiger partial charge in [0.25, 0.3) is 5.69 Å². The highest BCUT2D eigenvalue weighted by molar-refractivity contribution is 7.21. The Bertz CT molecular complexity index is 1650. The number of nitrogens with zero attached hydrogens (tertiary/aromatic N) is 4.